The zero-order valence-electron chi connectivity index (χ0n) is 9.25. The van der Waals surface area contributed by atoms with Crippen molar-refractivity contribution < 1.29 is 29.0 Å². The summed E-state index contributed by atoms with van der Waals surface area (Å²) in [5.41, 5.74) is 0. The molecule has 0 aromatic carbocycles. The molecule has 0 fully saturated rings. The maximum absolute atomic E-state index is 11.3. The molecule has 0 aliphatic carbocycles. The summed E-state index contributed by atoms with van der Waals surface area (Å²) in [6, 6.07) is 1.02. The second-order valence-electron chi connectivity index (χ2n) is 3.40. The number of rotatable bonds is 6. The highest BCUT2D eigenvalue weighted by molar-refractivity contribution is 5.86. The van der Waals surface area contributed by atoms with E-state index in [2.05, 4.69) is 5.32 Å². The number of hydrogen-bond acceptors (Lipinski definition) is 4. The van der Waals surface area contributed by atoms with Crippen molar-refractivity contribution in [2.24, 2.45) is 0 Å². The first kappa shape index (κ1) is 13.6. The molecule has 8 heteroatoms. The minimum Gasteiger partial charge on any atom is -0.481 e. The average Bonchev–Trinajstić information content (AvgIpc) is 2.77. The Bertz CT molecular complexity index is 428. The van der Waals surface area contributed by atoms with E-state index >= 15 is 0 Å². The second kappa shape index (κ2) is 6.28. The smallest absolute Gasteiger partial charge is 0.326 e. The molecule has 0 spiro atoms. The topological polar surface area (TPSA) is 129 Å². The van der Waals surface area contributed by atoms with E-state index in [1.54, 1.807) is 12.1 Å². The first-order chi connectivity index (χ1) is 8.49. The van der Waals surface area contributed by atoms with Crippen LogP contribution in [0, 0.1) is 0 Å². The fourth-order valence-corrected chi connectivity index (χ4v) is 1.16. The quantitative estimate of drug-likeness (QED) is 0.567. The Hall–Kier alpha value is -2.51. The van der Waals surface area contributed by atoms with E-state index in [0.717, 1.165) is 0 Å². The molecule has 1 aromatic rings. The first-order valence-corrected chi connectivity index (χ1v) is 5.00. The average molecular weight is 256 g/mol. The van der Waals surface area contributed by atoms with E-state index in [1.165, 1.54) is 6.26 Å². The zero-order valence-corrected chi connectivity index (χ0v) is 9.25. The van der Waals surface area contributed by atoms with Gasteiger partial charge >= 0.3 is 18.0 Å². The fourth-order valence-electron chi connectivity index (χ4n) is 1.16. The molecule has 8 nitrogen and oxygen atoms in total. The summed E-state index contributed by atoms with van der Waals surface area (Å²) in [6.45, 7) is 0.0816. The number of aliphatic carboxylic acids is 2. The summed E-state index contributed by atoms with van der Waals surface area (Å²) < 4.78 is 4.95. The molecule has 0 saturated carbocycles. The molecule has 1 unspecified atom stereocenters. The minimum atomic E-state index is -1.47. The molecule has 0 bridgehead atoms. The van der Waals surface area contributed by atoms with Crippen LogP contribution < -0.4 is 10.6 Å². The van der Waals surface area contributed by atoms with Crippen LogP contribution in [-0.2, 0) is 16.1 Å². The Kier molecular flexibility index (Phi) is 4.73. The standard InChI is InChI=1S/C10H12N2O6/c13-8(14)4-7(9(15)16)12-10(17)11-5-6-2-1-3-18-6/h1-3,7H,4-5H2,(H,13,14)(H,15,16)(H2,11,12,17). The molecular formula is C10H12N2O6. The summed E-state index contributed by atoms with van der Waals surface area (Å²) in [7, 11) is 0. The highest BCUT2D eigenvalue weighted by Crippen LogP contribution is 1.98. The van der Waals surface area contributed by atoms with E-state index in [9.17, 15) is 14.4 Å². The number of carbonyl (C=O) groups is 3. The lowest BCUT2D eigenvalue weighted by Gasteiger charge is -2.12. The van der Waals surface area contributed by atoms with Crippen molar-refractivity contribution in [2.75, 3.05) is 0 Å². The predicted molar refractivity (Wildman–Crippen MR) is 57.8 cm³/mol. The molecule has 1 atom stereocenters. The highest BCUT2D eigenvalue weighted by Gasteiger charge is 2.22. The molecule has 18 heavy (non-hydrogen) atoms. The molecule has 4 N–H and O–H groups in total. The summed E-state index contributed by atoms with van der Waals surface area (Å²) in [4.78, 5) is 32.4. The maximum atomic E-state index is 11.3. The van der Waals surface area contributed by atoms with Gasteiger partial charge in [-0.3, -0.25) is 4.79 Å². The SMILES string of the molecule is O=C(O)CC(NC(=O)NCc1ccco1)C(=O)O. The van der Waals surface area contributed by atoms with E-state index in [-0.39, 0.29) is 6.54 Å². The number of urea groups is 1. The molecule has 98 valence electrons. The van der Waals surface area contributed by atoms with Crippen molar-refractivity contribution in [3.63, 3.8) is 0 Å². The molecule has 0 radical (unpaired) electrons. The number of carbonyl (C=O) groups excluding carboxylic acids is 1. The van der Waals surface area contributed by atoms with Crippen molar-refractivity contribution in [1.82, 2.24) is 10.6 Å². The van der Waals surface area contributed by atoms with Crippen LogP contribution in [0.4, 0.5) is 4.79 Å². The summed E-state index contributed by atoms with van der Waals surface area (Å²) >= 11 is 0. The third kappa shape index (κ3) is 4.56. The molecule has 0 aliphatic rings. The van der Waals surface area contributed by atoms with Gasteiger partial charge < -0.3 is 25.3 Å². The van der Waals surface area contributed by atoms with Crippen LogP contribution >= 0.6 is 0 Å². The summed E-state index contributed by atoms with van der Waals surface area (Å²) in [5.74, 6) is -2.23. The predicted octanol–water partition coefficient (Wildman–Crippen LogP) is 0.00670. The Labute approximate surface area is 102 Å². The van der Waals surface area contributed by atoms with Crippen molar-refractivity contribution in [3.05, 3.63) is 24.2 Å². The number of carboxylic acid groups (broad SMARTS) is 2. The van der Waals surface area contributed by atoms with Crippen LogP contribution in [0.3, 0.4) is 0 Å². The molecule has 1 heterocycles. The number of carboxylic acids is 2. The van der Waals surface area contributed by atoms with Gasteiger partial charge in [0.1, 0.15) is 11.8 Å². The normalized spacial score (nSPS) is 11.6. The molecular weight excluding hydrogens is 244 g/mol. The lowest BCUT2D eigenvalue weighted by Crippen LogP contribution is -2.46. The molecule has 0 saturated heterocycles. The van der Waals surface area contributed by atoms with Crippen LogP contribution in [0.15, 0.2) is 22.8 Å². The Morgan fingerprint density at radius 1 is 1.33 bits per heavy atom. The summed E-state index contributed by atoms with van der Waals surface area (Å²) in [5, 5.41) is 21.6. The van der Waals surface area contributed by atoms with Gasteiger partial charge in [0.15, 0.2) is 0 Å². The Morgan fingerprint density at radius 3 is 2.56 bits per heavy atom. The van der Waals surface area contributed by atoms with Crippen LogP contribution in [0.2, 0.25) is 0 Å². The van der Waals surface area contributed by atoms with Crippen LogP contribution in [0.1, 0.15) is 12.2 Å². The van der Waals surface area contributed by atoms with Gasteiger partial charge in [-0.1, -0.05) is 0 Å². The Morgan fingerprint density at radius 2 is 2.06 bits per heavy atom. The van der Waals surface area contributed by atoms with E-state index < -0.39 is 30.4 Å². The van der Waals surface area contributed by atoms with E-state index in [4.69, 9.17) is 14.6 Å². The molecule has 2 amide bonds. The number of furan rings is 1. The van der Waals surface area contributed by atoms with Gasteiger partial charge in [0, 0.05) is 0 Å². The molecule has 0 aliphatic heterocycles. The van der Waals surface area contributed by atoms with Crippen LogP contribution in [-0.4, -0.2) is 34.2 Å². The highest BCUT2D eigenvalue weighted by atomic mass is 16.4. The number of nitrogens with one attached hydrogen (secondary N) is 2. The number of amides is 2. The monoisotopic (exact) mass is 256 g/mol. The molecule has 1 rings (SSSR count). The largest absolute Gasteiger partial charge is 0.481 e. The van der Waals surface area contributed by atoms with Crippen LogP contribution in [0.25, 0.3) is 0 Å². The van der Waals surface area contributed by atoms with Gasteiger partial charge in [0.25, 0.3) is 0 Å². The van der Waals surface area contributed by atoms with E-state index in [1.807, 2.05) is 5.32 Å². The third-order valence-corrected chi connectivity index (χ3v) is 1.99. The molecule has 1 aromatic heterocycles. The zero-order chi connectivity index (χ0) is 13.5. The summed E-state index contributed by atoms with van der Waals surface area (Å²) in [6.07, 6.45) is 0.739. The second-order valence-corrected chi connectivity index (χ2v) is 3.40. The van der Waals surface area contributed by atoms with Gasteiger partial charge in [-0.15, -0.1) is 0 Å². The first-order valence-electron chi connectivity index (χ1n) is 5.00. The van der Waals surface area contributed by atoms with Gasteiger partial charge in [0.05, 0.1) is 19.2 Å². The maximum Gasteiger partial charge on any atom is 0.326 e. The third-order valence-electron chi connectivity index (χ3n) is 1.99. The van der Waals surface area contributed by atoms with Gasteiger partial charge in [-0.2, -0.15) is 0 Å². The van der Waals surface area contributed by atoms with E-state index in [0.29, 0.717) is 5.76 Å². The minimum absolute atomic E-state index is 0.0816. The van der Waals surface area contributed by atoms with Crippen molar-refractivity contribution in [1.29, 1.82) is 0 Å². The lowest BCUT2D eigenvalue weighted by molar-refractivity contribution is -0.145. The van der Waals surface area contributed by atoms with Gasteiger partial charge in [0.2, 0.25) is 0 Å². The van der Waals surface area contributed by atoms with Crippen molar-refractivity contribution in [3.8, 4) is 0 Å². The lowest BCUT2D eigenvalue weighted by atomic mass is 10.2. The van der Waals surface area contributed by atoms with Crippen molar-refractivity contribution >= 4 is 18.0 Å². The van der Waals surface area contributed by atoms with Crippen LogP contribution in [0.5, 0.6) is 0 Å². The number of hydrogen-bond donors (Lipinski definition) is 4. The van der Waals surface area contributed by atoms with Gasteiger partial charge in [-0.05, 0) is 12.1 Å². The fraction of sp³-hybridized carbons (Fsp3) is 0.300. The van der Waals surface area contributed by atoms with Crippen molar-refractivity contribution in [2.45, 2.75) is 19.0 Å². The van der Waals surface area contributed by atoms with Gasteiger partial charge in [-0.25, -0.2) is 9.59 Å². The Balaban J connectivity index is 2.41.